The van der Waals surface area contributed by atoms with Crippen molar-refractivity contribution in [3.8, 4) is 0 Å². The third-order valence-electron chi connectivity index (χ3n) is 4.18. The van der Waals surface area contributed by atoms with Crippen molar-refractivity contribution in [3.63, 3.8) is 0 Å². The number of hydrogen-bond donors (Lipinski definition) is 1. The van der Waals surface area contributed by atoms with Gasteiger partial charge in [0.15, 0.2) is 0 Å². The molecule has 1 saturated heterocycles. The fraction of sp³-hybridized carbons (Fsp3) is 0.471. The first-order chi connectivity index (χ1) is 11.1. The molecule has 1 aliphatic heterocycles. The highest BCUT2D eigenvalue weighted by molar-refractivity contribution is 7.09. The topological polar surface area (TPSA) is 58.1 Å². The number of pyridine rings is 1. The molecule has 122 valence electrons. The molecule has 3 rings (SSSR count). The molecule has 2 aromatic rings. The Kier molecular flexibility index (Phi) is 5.03. The summed E-state index contributed by atoms with van der Waals surface area (Å²) in [5.74, 6) is 0.764. The van der Waals surface area contributed by atoms with E-state index in [2.05, 4.69) is 25.6 Å². The van der Waals surface area contributed by atoms with Gasteiger partial charge in [-0.05, 0) is 44.9 Å². The number of carbonyl (C=O) groups is 1. The number of nitrogens with one attached hydrogen (secondary N) is 1. The molecule has 3 heterocycles. The molecule has 0 unspecified atom stereocenters. The van der Waals surface area contributed by atoms with Crippen LogP contribution in [0, 0.1) is 19.8 Å². The van der Waals surface area contributed by atoms with Gasteiger partial charge in [-0.2, -0.15) is 0 Å². The molecule has 1 fully saturated rings. The predicted molar refractivity (Wildman–Crippen MR) is 92.5 cm³/mol. The van der Waals surface area contributed by atoms with Gasteiger partial charge in [0.2, 0.25) is 5.91 Å². The van der Waals surface area contributed by atoms with Crippen LogP contribution in [0.2, 0.25) is 0 Å². The highest BCUT2D eigenvalue weighted by Gasteiger charge is 2.26. The molecule has 1 amide bonds. The molecule has 1 atom stereocenters. The van der Waals surface area contributed by atoms with Gasteiger partial charge in [-0.3, -0.25) is 9.69 Å². The van der Waals surface area contributed by atoms with E-state index in [1.165, 1.54) is 0 Å². The number of aryl methyl sites for hydroxylation is 2. The van der Waals surface area contributed by atoms with Crippen molar-refractivity contribution in [1.29, 1.82) is 0 Å². The van der Waals surface area contributed by atoms with E-state index in [9.17, 15) is 4.79 Å². The second-order valence-corrected chi connectivity index (χ2v) is 7.15. The molecule has 2 aromatic heterocycles. The summed E-state index contributed by atoms with van der Waals surface area (Å²) < 4.78 is 0. The lowest BCUT2D eigenvalue weighted by Crippen LogP contribution is -2.40. The number of likely N-dealkylation sites (tertiary alicyclic amines) is 1. The minimum absolute atomic E-state index is 0.0184. The minimum atomic E-state index is 0.0184. The third kappa shape index (κ3) is 4.14. The number of rotatable bonds is 4. The Bertz CT molecular complexity index is 685. The Morgan fingerprint density at radius 3 is 3.09 bits per heavy atom. The van der Waals surface area contributed by atoms with E-state index in [0.717, 1.165) is 48.7 Å². The summed E-state index contributed by atoms with van der Waals surface area (Å²) in [6.07, 6.45) is 3.69. The molecule has 23 heavy (non-hydrogen) atoms. The molecule has 1 aliphatic rings. The van der Waals surface area contributed by atoms with Crippen molar-refractivity contribution in [2.75, 3.05) is 18.4 Å². The van der Waals surface area contributed by atoms with E-state index >= 15 is 0 Å². The van der Waals surface area contributed by atoms with E-state index in [4.69, 9.17) is 0 Å². The zero-order chi connectivity index (χ0) is 16.2. The summed E-state index contributed by atoms with van der Waals surface area (Å²) in [5.41, 5.74) is 2.10. The van der Waals surface area contributed by atoms with Crippen LogP contribution < -0.4 is 5.32 Å². The highest BCUT2D eigenvalue weighted by Crippen LogP contribution is 2.21. The average Bonchev–Trinajstić information content (AvgIpc) is 2.95. The summed E-state index contributed by atoms with van der Waals surface area (Å²) in [6.45, 7) is 6.63. The van der Waals surface area contributed by atoms with Crippen molar-refractivity contribution in [2.45, 2.75) is 33.2 Å². The van der Waals surface area contributed by atoms with Gasteiger partial charge in [0.05, 0.1) is 16.6 Å². The van der Waals surface area contributed by atoms with Crippen LogP contribution in [0.5, 0.6) is 0 Å². The monoisotopic (exact) mass is 330 g/mol. The average molecular weight is 330 g/mol. The number of anilines is 1. The molecule has 0 saturated carbocycles. The Labute approximate surface area is 140 Å². The van der Waals surface area contributed by atoms with E-state index < -0.39 is 0 Å². The van der Waals surface area contributed by atoms with Gasteiger partial charge in [-0.15, -0.1) is 11.3 Å². The molecule has 0 bridgehead atoms. The normalized spacial score (nSPS) is 18.8. The summed E-state index contributed by atoms with van der Waals surface area (Å²) in [4.78, 5) is 23.6. The summed E-state index contributed by atoms with van der Waals surface area (Å²) in [6, 6.07) is 3.84. The molecule has 5 nitrogen and oxygen atoms in total. The maximum atomic E-state index is 12.5. The van der Waals surface area contributed by atoms with Crippen LogP contribution in [0.4, 0.5) is 5.82 Å². The minimum Gasteiger partial charge on any atom is -0.310 e. The Morgan fingerprint density at radius 1 is 1.48 bits per heavy atom. The predicted octanol–water partition coefficient (Wildman–Crippen LogP) is 3.01. The van der Waals surface area contributed by atoms with Crippen LogP contribution in [0.25, 0.3) is 0 Å². The fourth-order valence-corrected chi connectivity index (χ4v) is 3.56. The number of aromatic nitrogens is 2. The number of amides is 1. The first kappa shape index (κ1) is 16.1. The van der Waals surface area contributed by atoms with E-state index in [1.807, 2.05) is 26.0 Å². The van der Waals surface area contributed by atoms with E-state index in [1.54, 1.807) is 17.5 Å². The second-order valence-electron chi connectivity index (χ2n) is 6.09. The molecule has 0 aliphatic carbocycles. The van der Waals surface area contributed by atoms with Crippen molar-refractivity contribution >= 4 is 23.1 Å². The Balaban J connectivity index is 1.59. The van der Waals surface area contributed by atoms with Crippen molar-refractivity contribution in [2.24, 2.45) is 5.92 Å². The van der Waals surface area contributed by atoms with Gasteiger partial charge >= 0.3 is 0 Å². The third-order valence-corrected chi connectivity index (χ3v) is 5.00. The molecular formula is C17H22N4OS. The quantitative estimate of drug-likeness (QED) is 0.936. The van der Waals surface area contributed by atoms with Gasteiger partial charge < -0.3 is 5.32 Å². The van der Waals surface area contributed by atoms with Gasteiger partial charge in [-0.25, -0.2) is 9.97 Å². The van der Waals surface area contributed by atoms with Crippen LogP contribution in [-0.4, -0.2) is 33.9 Å². The van der Waals surface area contributed by atoms with Crippen LogP contribution in [0.1, 0.15) is 29.1 Å². The van der Waals surface area contributed by atoms with Gasteiger partial charge in [0.25, 0.3) is 0 Å². The summed E-state index contributed by atoms with van der Waals surface area (Å²) in [7, 11) is 0. The van der Waals surface area contributed by atoms with E-state index in [0.29, 0.717) is 5.82 Å². The molecule has 0 radical (unpaired) electrons. The maximum absolute atomic E-state index is 12.5. The largest absolute Gasteiger partial charge is 0.310 e. The zero-order valence-electron chi connectivity index (χ0n) is 13.6. The molecule has 0 spiro atoms. The SMILES string of the molecule is Cc1nc(CN2CCC[C@H](C(=O)Nc3ncccc3C)C2)cs1. The van der Waals surface area contributed by atoms with Gasteiger partial charge in [0, 0.05) is 24.7 Å². The van der Waals surface area contributed by atoms with Gasteiger partial charge in [-0.1, -0.05) is 6.07 Å². The Hall–Kier alpha value is -1.79. The standard InChI is InChI=1S/C17H22N4OS/c1-12-5-3-7-18-16(12)20-17(22)14-6-4-8-21(9-14)10-15-11-23-13(2)19-15/h3,5,7,11,14H,4,6,8-10H2,1-2H3,(H,18,20,22)/t14-/m0/s1. The smallest absolute Gasteiger partial charge is 0.229 e. The lowest BCUT2D eigenvalue weighted by atomic mass is 9.97. The van der Waals surface area contributed by atoms with Crippen molar-refractivity contribution < 1.29 is 4.79 Å². The van der Waals surface area contributed by atoms with Crippen molar-refractivity contribution in [1.82, 2.24) is 14.9 Å². The summed E-state index contributed by atoms with van der Waals surface area (Å²) in [5, 5.41) is 6.18. The van der Waals surface area contributed by atoms with Crippen molar-refractivity contribution in [3.05, 3.63) is 40.0 Å². The van der Waals surface area contributed by atoms with Crippen LogP contribution in [0.15, 0.2) is 23.7 Å². The zero-order valence-corrected chi connectivity index (χ0v) is 14.4. The van der Waals surface area contributed by atoms with Crippen LogP contribution in [-0.2, 0) is 11.3 Å². The molecular weight excluding hydrogens is 308 g/mol. The number of thiazole rings is 1. The lowest BCUT2D eigenvalue weighted by Gasteiger charge is -2.31. The van der Waals surface area contributed by atoms with Crippen LogP contribution in [0.3, 0.4) is 0 Å². The van der Waals surface area contributed by atoms with Crippen LogP contribution >= 0.6 is 11.3 Å². The highest BCUT2D eigenvalue weighted by atomic mass is 32.1. The number of carbonyl (C=O) groups excluding carboxylic acids is 1. The first-order valence-corrected chi connectivity index (χ1v) is 8.85. The molecule has 6 heteroatoms. The second kappa shape index (κ2) is 7.19. The first-order valence-electron chi connectivity index (χ1n) is 7.97. The number of nitrogens with zero attached hydrogens (tertiary/aromatic N) is 3. The molecule has 0 aromatic carbocycles. The maximum Gasteiger partial charge on any atom is 0.229 e. The Morgan fingerprint density at radius 2 is 2.35 bits per heavy atom. The van der Waals surface area contributed by atoms with Gasteiger partial charge in [0.1, 0.15) is 5.82 Å². The summed E-state index contributed by atoms with van der Waals surface area (Å²) >= 11 is 1.68. The number of piperidine rings is 1. The fourth-order valence-electron chi connectivity index (χ4n) is 2.96. The van der Waals surface area contributed by atoms with E-state index in [-0.39, 0.29) is 11.8 Å². The number of hydrogen-bond acceptors (Lipinski definition) is 5. The molecule has 1 N–H and O–H groups in total. The lowest BCUT2D eigenvalue weighted by molar-refractivity contribution is -0.121.